The second-order valence-electron chi connectivity index (χ2n) is 4.98. The van der Waals surface area contributed by atoms with E-state index in [1.807, 2.05) is 12.3 Å². The van der Waals surface area contributed by atoms with Crippen molar-refractivity contribution in [1.29, 1.82) is 0 Å². The van der Waals surface area contributed by atoms with Crippen LogP contribution in [0.25, 0.3) is 0 Å². The molecule has 2 N–H and O–H groups in total. The van der Waals surface area contributed by atoms with Crippen LogP contribution in [0.4, 0.5) is 5.13 Å². The molecule has 20 heavy (non-hydrogen) atoms. The van der Waals surface area contributed by atoms with Crippen molar-refractivity contribution < 1.29 is 14.7 Å². The lowest BCUT2D eigenvalue weighted by atomic mass is 9.77. The summed E-state index contributed by atoms with van der Waals surface area (Å²) in [5.41, 5.74) is -0.00773. The number of hydrogen-bond acceptors (Lipinski definition) is 5. The van der Waals surface area contributed by atoms with E-state index in [4.69, 9.17) is 0 Å². The van der Waals surface area contributed by atoms with Crippen LogP contribution in [0.3, 0.4) is 0 Å². The Balaban J connectivity index is 1.99. The molecule has 0 atom stereocenters. The molecule has 1 amide bonds. The van der Waals surface area contributed by atoms with Crippen molar-refractivity contribution in [2.24, 2.45) is 0 Å². The Labute approximate surface area is 121 Å². The van der Waals surface area contributed by atoms with Gasteiger partial charge < -0.3 is 5.11 Å². The standard InChI is InChI=1S/C13H19N3O3S/c1-3-16(9(2)17)12-15-10(8-20-12)7-14-13(11(18)19)5-4-6-13/h8,14H,3-7H2,1-2H3,(H,18,19). The monoisotopic (exact) mass is 297 g/mol. The minimum absolute atomic E-state index is 0.0395. The normalized spacial score (nSPS) is 16.5. The van der Waals surface area contributed by atoms with Gasteiger partial charge in [-0.25, -0.2) is 4.98 Å². The number of aromatic nitrogens is 1. The lowest BCUT2D eigenvalue weighted by molar-refractivity contribution is -0.148. The molecular formula is C13H19N3O3S. The first-order chi connectivity index (χ1) is 9.48. The Morgan fingerprint density at radius 3 is 2.70 bits per heavy atom. The van der Waals surface area contributed by atoms with Crippen molar-refractivity contribution in [2.45, 2.75) is 45.2 Å². The van der Waals surface area contributed by atoms with Crippen LogP contribution in [-0.2, 0) is 16.1 Å². The van der Waals surface area contributed by atoms with Crippen LogP contribution in [0.15, 0.2) is 5.38 Å². The van der Waals surface area contributed by atoms with Crippen LogP contribution < -0.4 is 10.2 Å². The van der Waals surface area contributed by atoms with Gasteiger partial charge in [-0.05, 0) is 26.2 Å². The molecule has 0 unspecified atom stereocenters. The predicted octanol–water partition coefficient (Wildman–Crippen LogP) is 1.61. The molecular weight excluding hydrogens is 278 g/mol. The fraction of sp³-hybridized carbons (Fsp3) is 0.615. The number of thiazole rings is 1. The quantitative estimate of drug-likeness (QED) is 0.833. The van der Waals surface area contributed by atoms with E-state index >= 15 is 0 Å². The molecule has 1 saturated carbocycles. The second-order valence-corrected chi connectivity index (χ2v) is 5.82. The minimum Gasteiger partial charge on any atom is -0.480 e. The van der Waals surface area contributed by atoms with Crippen molar-refractivity contribution >= 4 is 28.3 Å². The summed E-state index contributed by atoms with van der Waals surface area (Å²) in [7, 11) is 0. The van der Waals surface area contributed by atoms with Crippen LogP contribution in [-0.4, -0.2) is 34.1 Å². The van der Waals surface area contributed by atoms with Crippen molar-refractivity contribution in [1.82, 2.24) is 10.3 Å². The lowest BCUT2D eigenvalue weighted by Gasteiger charge is -2.38. The number of nitrogens with zero attached hydrogens (tertiary/aromatic N) is 2. The van der Waals surface area contributed by atoms with Gasteiger partial charge in [0.25, 0.3) is 0 Å². The zero-order valence-corrected chi connectivity index (χ0v) is 12.5. The van der Waals surface area contributed by atoms with Crippen LogP contribution in [0.2, 0.25) is 0 Å². The van der Waals surface area contributed by atoms with E-state index in [1.54, 1.807) is 4.90 Å². The number of nitrogens with one attached hydrogen (secondary N) is 1. The van der Waals surface area contributed by atoms with Crippen molar-refractivity contribution in [3.63, 3.8) is 0 Å². The largest absolute Gasteiger partial charge is 0.480 e. The second kappa shape index (κ2) is 5.88. The molecule has 1 aliphatic rings. The summed E-state index contributed by atoms with van der Waals surface area (Å²) in [6.07, 6.45) is 2.26. The summed E-state index contributed by atoms with van der Waals surface area (Å²) in [5.74, 6) is -0.833. The third kappa shape index (κ3) is 2.83. The summed E-state index contributed by atoms with van der Waals surface area (Å²) < 4.78 is 0. The van der Waals surface area contributed by atoms with E-state index in [1.165, 1.54) is 18.3 Å². The summed E-state index contributed by atoms with van der Waals surface area (Å²) >= 11 is 1.40. The molecule has 1 heterocycles. The molecule has 1 aliphatic carbocycles. The van der Waals surface area contributed by atoms with E-state index in [0.29, 0.717) is 31.1 Å². The number of amides is 1. The Kier molecular flexibility index (Phi) is 4.39. The average molecular weight is 297 g/mol. The molecule has 0 aliphatic heterocycles. The summed E-state index contributed by atoms with van der Waals surface area (Å²) in [4.78, 5) is 28.7. The number of carboxylic acids is 1. The molecule has 0 bridgehead atoms. The zero-order chi connectivity index (χ0) is 14.8. The molecule has 0 aromatic carbocycles. The number of carbonyl (C=O) groups is 2. The van der Waals surface area contributed by atoms with Gasteiger partial charge in [0.05, 0.1) is 5.69 Å². The number of hydrogen-bond donors (Lipinski definition) is 2. The number of rotatable bonds is 6. The Morgan fingerprint density at radius 1 is 1.55 bits per heavy atom. The van der Waals surface area contributed by atoms with Gasteiger partial charge in [0, 0.05) is 25.4 Å². The van der Waals surface area contributed by atoms with Gasteiger partial charge in [0.15, 0.2) is 5.13 Å². The highest BCUT2D eigenvalue weighted by Gasteiger charge is 2.43. The molecule has 0 spiro atoms. The van der Waals surface area contributed by atoms with Gasteiger partial charge in [-0.15, -0.1) is 11.3 Å². The van der Waals surface area contributed by atoms with E-state index in [0.717, 1.165) is 12.1 Å². The van der Waals surface area contributed by atoms with Gasteiger partial charge >= 0.3 is 5.97 Å². The van der Waals surface area contributed by atoms with Gasteiger partial charge in [-0.3, -0.25) is 19.8 Å². The molecule has 2 rings (SSSR count). The van der Waals surface area contributed by atoms with Crippen LogP contribution >= 0.6 is 11.3 Å². The lowest BCUT2D eigenvalue weighted by Crippen LogP contribution is -2.56. The van der Waals surface area contributed by atoms with E-state index in [9.17, 15) is 14.7 Å². The molecule has 0 radical (unpaired) electrons. The smallest absolute Gasteiger partial charge is 0.323 e. The van der Waals surface area contributed by atoms with Crippen LogP contribution in [0.5, 0.6) is 0 Å². The summed E-state index contributed by atoms with van der Waals surface area (Å²) in [6.45, 7) is 4.40. The Morgan fingerprint density at radius 2 is 2.25 bits per heavy atom. The number of aliphatic carboxylic acids is 1. The summed E-state index contributed by atoms with van der Waals surface area (Å²) in [5, 5.41) is 14.8. The molecule has 1 fully saturated rings. The van der Waals surface area contributed by atoms with Crippen LogP contribution in [0.1, 0.15) is 38.8 Å². The van der Waals surface area contributed by atoms with Gasteiger partial charge in [0.1, 0.15) is 5.54 Å². The highest BCUT2D eigenvalue weighted by Crippen LogP contribution is 2.32. The average Bonchev–Trinajstić information content (AvgIpc) is 2.76. The van der Waals surface area contributed by atoms with Gasteiger partial charge in [-0.2, -0.15) is 0 Å². The van der Waals surface area contributed by atoms with Gasteiger partial charge in [-0.1, -0.05) is 0 Å². The molecule has 0 saturated heterocycles. The first-order valence-corrected chi connectivity index (χ1v) is 7.57. The van der Waals surface area contributed by atoms with Crippen LogP contribution in [0, 0.1) is 0 Å². The molecule has 6 nitrogen and oxygen atoms in total. The highest BCUT2D eigenvalue weighted by atomic mass is 32.1. The predicted molar refractivity (Wildman–Crippen MR) is 76.9 cm³/mol. The third-order valence-corrected chi connectivity index (χ3v) is 4.60. The van der Waals surface area contributed by atoms with Crippen molar-refractivity contribution in [3.8, 4) is 0 Å². The van der Waals surface area contributed by atoms with E-state index < -0.39 is 11.5 Å². The molecule has 1 aromatic rings. The first kappa shape index (κ1) is 14.9. The molecule has 7 heteroatoms. The maximum atomic E-state index is 11.4. The molecule has 110 valence electrons. The fourth-order valence-corrected chi connectivity index (χ4v) is 3.18. The van der Waals surface area contributed by atoms with Crippen molar-refractivity contribution in [3.05, 3.63) is 11.1 Å². The maximum Gasteiger partial charge on any atom is 0.323 e. The SMILES string of the molecule is CCN(C(C)=O)c1nc(CNC2(C(=O)O)CCC2)cs1. The topological polar surface area (TPSA) is 82.5 Å². The summed E-state index contributed by atoms with van der Waals surface area (Å²) in [6, 6.07) is 0. The third-order valence-electron chi connectivity index (χ3n) is 3.69. The number of carboxylic acid groups (broad SMARTS) is 1. The molecule has 1 aromatic heterocycles. The number of anilines is 1. The minimum atomic E-state index is -0.793. The highest BCUT2D eigenvalue weighted by molar-refractivity contribution is 7.14. The van der Waals surface area contributed by atoms with E-state index in [-0.39, 0.29) is 5.91 Å². The fourth-order valence-electron chi connectivity index (χ4n) is 2.25. The Hall–Kier alpha value is -1.47. The van der Waals surface area contributed by atoms with E-state index in [2.05, 4.69) is 10.3 Å². The maximum absolute atomic E-state index is 11.4. The van der Waals surface area contributed by atoms with Crippen molar-refractivity contribution in [2.75, 3.05) is 11.4 Å². The number of carbonyl (C=O) groups excluding carboxylic acids is 1. The Bertz CT molecular complexity index is 511. The van der Waals surface area contributed by atoms with Gasteiger partial charge in [0.2, 0.25) is 5.91 Å². The zero-order valence-electron chi connectivity index (χ0n) is 11.7. The first-order valence-electron chi connectivity index (χ1n) is 6.69.